The maximum absolute atomic E-state index is 13.0. The monoisotopic (exact) mass is 510 g/mol. The van der Waals surface area contributed by atoms with Crippen LogP contribution in [0.3, 0.4) is 0 Å². The Bertz CT molecular complexity index is 937. The first-order valence-corrected chi connectivity index (χ1v) is 11.3. The molecule has 36 heavy (non-hydrogen) atoms. The van der Waals surface area contributed by atoms with Crippen molar-refractivity contribution in [2.24, 2.45) is 23.1 Å². The molecule has 15 nitrogen and oxygen atoms in total. The Morgan fingerprint density at radius 2 is 1.64 bits per heavy atom. The number of carbonyl (C=O) groups excluding carboxylic acids is 5. The van der Waals surface area contributed by atoms with Gasteiger partial charge in [-0.1, -0.05) is 20.3 Å². The molecule has 11 N–H and O–H groups in total. The Labute approximate surface area is 207 Å². The van der Waals surface area contributed by atoms with Crippen molar-refractivity contribution in [3.05, 3.63) is 18.2 Å². The second-order valence-electron chi connectivity index (χ2n) is 8.40. The Balaban J connectivity index is 2.99. The van der Waals surface area contributed by atoms with Crippen LogP contribution in [0.15, 0.2) is 12.5 Å². The molecule has 5 amide bonds. The number of rotatable bonds is 16. The second-order valence-corrected chi connectivity index (χ2v) is 8.40. The van der Waals surface area contributed by atoms with Crippen molar-refractivity contribution in [2.45, 2.75) is 70.1 Å². The molecular formula is C21H34N8O7. The summed E-state index contributed by atoms with van der Waals surface area (Å²) in [5, 5.41) is 16.7. The van der Waals surface area contributed by atoms with E-state index in [9.17, 15) is 33.9 Å². The third-order valence-corrected chi connectivity index (χ3v) is 5.46. The molecule has 0 saturated carbocycles. The number of H-pyrrole nitrogens is 1. The molecule has 0 radical (unpaired) electrons. The van der Waals surface area contributed by atoms with Gasteiger partial charge in [-0.3, -0.25) is 24.0 Å². The van der Waals surface area contributed by atoms with E-state index in [1.54, 1.807) is 13.8 Å². The molecule has 1 aromatic rings. The van der Waals surface area contributed by atoms with Crippen LogP contribution < -0.4 is 33.2 Å². The predicted molar refractivity (Wildman–Crippen MR) is 125 cm³/mol. The summed E-state index contributed by atoms with van der Waals surface area (Å²) in [6.45, 7) is 3.42. The minimum atomic E-state index is -1.46. The lowest BCUT2D eigenvalue weighted by Gasteiger charge is -2.27. The molecule has 1 heterocycles. The number of imidazole rings is 1. The SMILES string of the molecule is CCC(C)C(NC(=O)C(CC(N)=O)NC(=O)C(N)CCC(N)=O)C(=O)NC(Cc1cnc[nH]1)C(=O)O. The Hall–Kier alpha value is -4.01. The highest BCUT2D eigenvalue weighted by Gasteiger charge is 2.33. The number of nitrogens with two attached hydrogens (primary N) is 3. The van der Waals surface area contributed by atoms with E-state index in [-0.39, 0.29) is 19.3 Å². The first-order valence-electron chi connectivity index (χ1n) is 11.3. The van der Waals surface area contributed by atoms with Crippen molar-refractivity contribution in [1.29, 1.82) is 0 Å². The fraction of sp³-hybridized carbons (Fsp3) is 0.571. The van der Waals surface area contributed by atoms with Gasteiger partial charge in [-0.15, -0.1) is 0 Å². The number of carboxylic acid groups (broad SMARTS) is 1. The zero-order chi connectivity index (χ0) is 27.4. The number of aliphatic carboxylic acids is 1. The van der Waals surface area contributed by atoms with Gasteiger partial charge in [0.25, 0.3) is 0 Å². The standard InChI is InChI=1S/C21H34N8O7/c1-3-10(2)17(20(34)28-14(21(35)36)6-11-8-25-9-26-11)29-19(33)13(7-16(24)31)27-18(32)12(22)4-5-15(23)30/h8-10,12-14,17H,3-7,22H2,1-2H3,(H2,23,30)(H2,24,31)(H,25,26)(H,27,32)(H,28,34)(H,29,33)(H,35,36). The number of amides is 5. The third kappa shape index (κ3) is 10.1. The van der Waals surface area contributed by atoms with Crippen LogP contribution in [0.2, 0.25) is 0 Å². The highest BCUT2D eigenvalue weighted by atomic mass is 16.4. The van der Waals surface area contributed by atoms with Crippen LogP contribution in [0.25, 0.3) is 0 Å². The van der Waals surface area contributed by atoms with Crippen molar-refractivity contribution in [3.8, 4) is 0 Å². The van der Waals surface area contributed by atoms with Gasteiger partial charge in [0, 0.05) is 24.7 Å². The Morgan fingerprint density at radius 1 is 1.00 bits per heavy atom. The van der Waals surface area contributed by atoms with Crippen LogP contribution in [0, 0.1) is 5.92 Å². The highest BCUT2D eigenvalue weighted by molar-refractivity contribution is 5.96. The largest absolute Gasteiger partial charge is 0.480 e. The second kappa shape index (κ2) is 14.4. The van der Waals surface area contributed by atoms with Crippen molar-refractivity contribution in [2.75, 3.05) is 0 Å². The molecule has 0 spiro atoms. The fourth-order valence-electron chi connectivity index (χ4n) is 3.15. The number of aromatic amines is 1. The summed E-state index contributed by atoms with van der Waals surface area (Å²) < 4.78 is 0. The lowest BCUT2D eigenvalue weighted by molar-refractivity contribution is -0.142. The van der Waals surface area contributed by atoms with Crippen LogP contribution in [0.4, 0.5) is 0 Å². The molecule has 1 aromatic heterocycles. The van der Waals surface area contributed by atoms with E-state index in [1.807, 2.05) is 0 Å². The zero-order valence-corrected chi connectivity index (χ0v) is 20.2. The smallest absolute Gasteiger partial charge is 0.326 e. The molecule has 15 heteroatoms. The molecule has 1 rings (SSSR count). The Kier molecular flexibility index (Phi) is 12.0. The van der Waals surface area contributed by atoms with E-state index >= 15 is 0 Å². The summed E-state index contributed by atoms with van der Waals surface area (Å²) in [6, 6.07) is -5.16. The summed E-state index contributed by atoms with van der Waals surface area (Å²) in [5.41, 5.74) is 16.4. The molecule has 5 unspecified atom stereocenters. The maximum atomic E-state index is 13.0. The minimum Gasteiger partial charge on any atom is -0.480 e. The highest BCUT2D eigenvalue weighted by Crippen LogP contribution is 2.10. The number of primary amides is 2. The van der Waals surface area contributed by atoms with Gasteiger partial charge in [-0.25, -0.2) is 9.78 Å². The third-order valence-electron chi connectivity index (χ3n) is 5.46. The number of aromatic nitrogens is 2. The molecule has 0 bridgehead atoms. The van der Waals surface area contributed by atoms with Crippen LogP contribution in [0.5, 0.6) is 0 Å². The first-order chi connectivity index (χ1) is 16.8. The van der Waals surface area contributed by atoms with E-state index in [1.165, 1.54) is 12.5 Å². The van der Waals surface area contributed by atoms with E-state index < -0.39 is 72.0 Å². The number of hydrogen-bond donors (Lipinski definition) is 8. The molecule has 5 atom stereocenters. The molecule has 0 saturated heterocycles. The first kappa shape index (κ1) is 30.0. The van der Waals surface area contributed by atoms with Gasteiger partial charge in [-0.2, -0.15) is 0 Å². The van der Waals surface area contributed by atoms with Crippen LogP contribution in [-0.2, 0) is 35.2 Å². The molecular weight excluding hydrogens is 476 g/mol. The molecule has 0 aromatic carbocycles. The van der Waals surface area contributed by atoms with Gasteiger partial charge in [0.15, 0.2) is 0 Å². The number of nitrogens with one attached hydrogen (secondary N) is 4. The van der Waals surface area contributed by atoms with Gasteiger partial charge in [0.1, 0.15) is 18.1 Å². The van der Waals surface area contributed by atoms with Crippen LogP contribution >= 0.6 is 0 Å². The number of hydrogen-bond acceptors (Lipinski definition) is 8. The zero-order valence-electron chi connectivity index (χ0n) is 20.2. The summed E-state index contributed by atoms with van der Waals surface area (Å²) in [7, 11) is 0. The van der Waals surface area contributed by atoms with E-state index in [4.69, 9.17) is 17.2 Å². The topological polar surface area (TPSA) is 265 Å². The normalized spacial score (nSPS) is 15.0. The fourth-order valence-corrected chi connectivity index (χ4v) is 3.15. The molecule has 200 valence electrons. The van der Waals surface area contributed by atoms with Crippen molar-refractivity contribution < 1.29 is 33.9 Å². The minimum absolute atomic E-state index is 0.0776. The van der Waals surface area contributed by atoms with E-state index in [0.29, 0.717) is 12.1 Å². The van der Waals surface area contributed by atoms with E-state index in [0.717, 1.165) is 0 Å². The quantitative estimate of drug-likeness (QED) is 0.112. The molecule has 0 aliphatic rings. The van der Waals surface area contributed by atoms with Crippen molar-refractivity contribution in [3.63, 3.8) is 0 Å². The number of nitrogens with zero attached hydrogens (tertiary/aromatic N) is 1. The van der Waals surface area contributed by atoms with Gasteiger partial charge in [0.2, 0.25) is 29.5 Å². The van der Waals surface area contributed by atoms with Gasteiger partial charge in [-0.05, 0) is 12.3 Å². The predicted octanol–water partition coefficient (Wildman–Crippen LogP) is -2.99. The number of carbonyl (C=O) groups is 6. The maximum Gasteiger partial charge on any atom is 0.326 e. The van der Waals surface area contributed by atoms with Crippen LogP contribution in [0.1, 0.15) is 45.2 Å². The molecule has 0 aliphatic carbocycles. The van der Waals surface area contributed by atoms with E-state index in [2.05, 4.69) is 25.9 Å². The average molecular weight is 511 g/mol. The van der Waals surface area contributed by atoms with Gasteiger partial charge < -0.3 is 43.2 Å². The lowest BCUT2D eigenvalue weighted by atomic mass is 9.97. The molecule has 0 aliphatic heterocycles. The van der Waals surface area contributed by atoms with Gasteiger partial charge in [0.05, 0.1) is 18.8 Å². The summed E-state index contributed by atoms with van der Waals surface area (Å²) in [4.78, 5) is 79.0. The summed E-state index contributed by atoms with van der Waals surface area (Å²) >= 11 is 0. The lowest BCUT2D eigenvalue weighted by Crippen LogP contribution is -2.59. The Morgan fingerprint density at radius 3 is 2.14 bits per heavy atom. The van der Waals surface area contributed by atoms with Crippen molar-refractivity contribution in [1.82, 2.24) is 25.9 Å². The average Bonchev–Trinajstić information content (AvgIpc) is 3.31. The van der Waals surface area contributed by atoms with Gasteiger partial charge >= 0.3 is 5.97 Å². The molecule has 0 fully saturated rings. The summed E-state index contributed by atoms with van der Waals surface area (Å²) in [5.74, 6) is -5.81. The summed E-state index contributed by atoms with van der Waals surface area (Å²) in [6.07, 6.45) is 2.30. The van der Waals surface area contributed by atoms with Crippen LogP contribution in [-0.4, -0.2) is 74.7 Å². The van der Waals surface area contributed by atoms with Crippen molar-refractivity contribution >= 4 is 35.5 Å². The number of carboxylic acids is 1.